The number of amides is 1. The molecule has 0 bridgehead atoms. The van der Waals surface area contributed by atoms with Crippen LogP contribution in [0.25, 0.3) is 6.08 Å². The van der Waals surface area contributed by atoms with Crippen LogP contribution in [0, 0.1) is 0 Å². The van der Waals surface area contributed by atoms with Crippen molar-refractivity contribution in [2.45, 2.75) is 0 Å². The number of nitrogens with one attached hydrogen (secondary N) is 1. The van der Waals surface area contributed by atoms with Gasteiger partial charge in [0.2, 0.25) is 5.91 Å². The van der Waals surface area contributed by atoms with E-state index in [2.05, 4.69) is 5.32 Å². The predicted molar refractivity (Wildman–Crippen MR) is 102 cm³/mol. The summed E-state index contributed by atoms with van der Waals surface area (Å²) in [5, 5.41) is 4.23. The van der Waals surface area contributed by atoms with Crippen LogP contribution in [0.5, 0.6) is 5.75 Å². The van der Waals surface area contributed by atoms with Gasteiger partial charge in [0.15, 0.2) is 0 Å². The summed E-state index contributed by atoms with van der Waals surface area (Å²) in [7, 11) is 1.47. The second kappa shape index (κ2) is 8.32. The summed E-state index contributed by atoms with van der Waals surface area (Å²) in [6.07, 6.45) is 2.82. The monoisotopic (exact) mass is 423 g/mol. The van der Waals surface area contributed by atoms with Crippen LogP contribution in [-0.4, -0.2) is 13.0 Å². The fourth-order valence-electron chi connectivity index (χ4n) is 1.88. The van der Waals surface area contributed by atoms with E-state index < -0.39 is 5.91 Å². The highest BCUT2D eigenvalue weighted by Crippen LogP contribution is 2.34. The van der Waals surface area contributed by atoms with E-state index in [1.54, 1.807) is 12.1 Å². The average Bonchev–Trinajstić information content (AvgIpc) is 2.50. The van der Waals surface area contributed by atoms with Gasteiger partial charge in [0.05, 0.1) is 32.9 Å². The van der Waals surface area contributed by atoms with Crippen LogP contribution in [-0.2, 0) is 4.79 Å². The molecule has 0 atom stereocenters. The van der Waals surface area contributed by atoms with Crippen LogP contribution in [0.1, 0.15) is 5.56 Å². The summed E-state index contributed by atoms with van der Waals surface area (Å²) in [4.78, 5) is 12.1. The zero-order chi connectivity index (χ0) is 17.9. The van der Waals surface area contributed by atoms with Gasteiger partial charge in [-0.15, -0.1) is 0 Å². The van der Waals surface area contributed by atoms with Crippen molar-refractivity contribution in [1.82, 2.24) is 0 Å². The minimum Gasteiger partial charge on any atom is -0.495 e. The van der Waals surface area contributed by atoms with Gasteiger partial charge in [-0.05, 0) is 30.3 Å². The minimum atomic E-state index is -0.423. The van der Waals surface area contributed by atoms with E-state index in [0.717, 1.165) is 0 Å². The van der Waals surface area contributed by atoms with Crippen molar-refractivity contribution in [3.8, 4) is 5.75 Å². The van der Waals surface area contributed by atoms with Gasteiger partial charge in [-0.25, -0.2) is 0 Å². The van der Waals surface area contributed by atoms with Crippen LogP contribution in [0.2, 0.25) is 25.1 Å². The molecule has 2 aromatic rings. The SMILES string of the molecule is COc1c(Cl)cc(Cl)cc1C=CC(=O)Nc1cc(Cl)c(Cl)cc1Cl. The van der Waals surface area contributed by atoms with Gasteiger partial charge in [0.25, 0.3) is 0 Å². The standard InChI is InChI=1S/C16H10Cl5NO2/c1-24-16-8(4-9(17)5-13(16)21)2-3-15(23)22-14-7-11(19)10(18)6-12(14)20/h2-7H,1H3,(H,22,23). The molecule has 2 rings (SSSR count). The van der Waals surface area contributed by atoms with Gasteiger partial charge in [-0.2, -0.15) is 0 Å². The van der Waals surface area contributed by atoms with E-state index in [9.17, 15) is 4.79 Å². The lowest BCUT2D eigenvalue weighted by atomic mass is 10.2. The van der Waals surface area contributed by atoms with Gasteiger partial charge < -0.3 is 10.1 Å². The number of ether oxygens (including phenoxy) is 1. The van der Waals surface area contributed by atoms with E-state index in [1.807, 2.05) is 0 Å². The lowest BCUT2D eigenvalue weighted by Crippen LogP contribution is -2.08. The quantitative estimate of drug-likeness (QED) is 0.442. The largest absolute Gasteiger partial charge is 0.495 e. The van der Waals surface area contributed by atoms with Gasteiger partial charge >= 0.3 is 0 Å². The average molecular weight is 426 g/mol. The highest BCUT2D eigenvalue weighted by Gasteiger charge is 2.10. The summed E-state index contributed by atoms with van der Waals surface area (Å²) in [6, 6.07) is 6.09. The molecule has 0 radical (unpaired) electrons. The Hall–Kier alpha value is -1.10. The van der Waals surface area contributed by atoms with Crippen molar-refractivity contribution in [3.05, 3.63) is 61.0 Å². The second-order valence-electron chi connectivity index (χ2n) is 4.58. The predicted octanol–water partition coefficient (Wildman–Crippen LogP) is 6.61. The lowest BCUT2D eigenvalue weighted by molar-refractivity contribution is -0.111. The van der Waals surface area contributed by atoms with Gasteiger partial charge in [0.1, 0.15) is 5.75 Å². The molecule has 1 N–H and O–H groups in total. The minimum absolute atomic E-state index is 0.273. The molecule has 0 fully saturated rings. The number of hydrogen-bond donors (Lipinski definition) is 1. The Kier molecular flexibility index (Phi) is 6.67. The van der Waals surface area contributed by atoms with Crippen molar-refractivity contribution >= 4 is 75.7 Å². The van der Waals surface area contributed by atoms with Gasteiger partial charge in [0, 0.05) is 16.7 Å². The van der Waals surface area contributed by atoms with Gasteiger partial charge in [-0.3, -0.25) is 4.79 Å². The summed E-state index contributed by atoms with van der Waals surface area (Å²) >= 11 is 29.8. The molecule has 0 aromatic heterocycles. The van der Waals surface area contributed by atoms with E-state index in [0.29, 0.717) is 32.1 Å². The molecule has 0 aliphatic rings. The molecule has 3 nitrogen and oxygen atoms in total. The summed E-state index contributed by atoms with van der Waals surface area (Å²) in [5.74, 6) is -0.00822. The third-order valence-electron chi connectivity index (χ3n) is 2.92. The first-order chi connectivity index (χ1) is 11.3. The van der Waals surface area contributed by atoms with Gasteiger partial charge in [-0.1, -0.05) is 58.0 Å². The fraction of sp³-hybridized carbons (Fsp3) is 0.0625. The lowest BCUT2D eigenvalue weighted by Gasteiger charge is -2.08. The Morgan fingerprint density at radius 1 is 0.958 bits per heavy atom. The molecule has 0 unspecified atom stereocenters. The molecule has 24 heavy (non-hydrogen) atoms. The fourth-order valence-corrected chi connectivity index (χ4v) is 3.06. The molecule has 0 saturated heterocycles. The molecule has 0 spiro atoms. The number of benzene rings is 2. The maximum Gasteiger partial charge on any atom is 0.248 e. The van der Waals surface area contributed by atoms with Crippen LogP contribution in [0.15, 0.2) is 30.3 Å². The maximum atomic E-state index is 12.1. The Balaban J connectivity index is 2.22. The molecule has 8 heteroatoms. The normalized spacial score (nSPS) is 10.9. The van der Waals surface area contributed by atoms with Crippen molar-refractivity contribution < 1.29 is 9.53 Å². The number of hydrogen-bond acceptors (Lipinski definition) is 2. The molecule has 0 aliphatic heterocycles. The molecule has 0 heterocycles. The van der Waals surface area contributed by atoms with E-state index in [1.165, 1.54) is 31.4 Å². The van der Waals surface area contributed by atoms with Crippen molar-refractivity contribution in [2.24, 2.45) is 0 Å². The maximum absolute atomic E-state index is 12.1. The first-order valence-electron chi connectivity index (χ1n) is 6.48. The highest BCUT2D eigenvalue weighted by atomic mass is 35.5. The highest BCUT2D eigenvalue weighted by molar-refractivity contribution is 6.44. The van der Waals surface area contributed by atoms with E-state index >= 15 is 0 Å². The summed E-state index contributed by atoms with van der Waals surface area (Å²) in [6.45, 7) is 0. The molecule has 1 amide bonds. The molecule has 126 valence electrons. The number of rotatable bonds is 4. The third-order valence-corrected chi connectivity index (χ3v) is 4.46. The second-order valence-corrected chi connectivity index (χ2v) is 6.64. The summed E-state index contributed by atoms with van der Waals surface area (Å²) < 4.78 is 5.20. The third kappa shape index (κ3) is 4.71. The number of carbonyl (C=O) groups excluding carboxylic acids is 1. The number of methoxy groups -OCH3 is 1. The number of anilines is 1. The van der Waals surface area contributed by atoms with Crippen LogP contribution in [0.3, 0.4) is 0 Å². The van der Waals surface area contributed by atoms with Crippen LogP contribution in [0.4, 0.5) is 5.69 Å². The Morgan fingerprint density at radius 3 is 2.29 bits per heavy atom. The Morgan fingerprint density at radius 2 is 1.62 bits per heavy atom. The summed E-state index contributed by atoms with van der Waals surface area (Å²) in [5.41, 5.74) is 0.905. The Labute approximate surface area is 164 Å². The van der Waals surface area contributed by atoms with E-state index in [4.69, 9.17) is 62.7 Å². The molecule has 0 aliphatic carbocycles. The van der Waals surface area contributed by atoms with Crippen LogP contribution < -0.4 is 10.1 Å². The smallest absolute Gasteiger partial charge is 0.248 e. The zero-order valence-corrected chi connectivity index (χ0v) is 16.0. The topological polar surface area (TPSA) is 38.3 Å². The number of halogens is 5. The van der Waals surface area contributed by atoms with Crippen molar-refractivity contribution in [3.63, 3.8) is 0 Å². The molecular formula is C16H10Cl5NO2. The first kappa shape index (κ1) is 19.2. The zero-order valence-electron chi connectivity index (χ0n) is 12.2. The van der Waals surface area contributed by atoms with Crippen molar-refractivity contribution in [2.75, 3.05) is 12.4 Å². The first-order valence-corrected chi connectivity index (χ1v) is 8.37. The van der Waals surface area contributed by atoms with E-state index in [-0.39, 0.29) is 10.0 Å². The molecule has 0 saturated carbocycles. The molecular weight excluding hydrogens is 415 g/mol. The van der Waals surface area contributed by atoms with Crippen molar-refractivity contribution in [1.29, 1.82) is 0 Å². The Bertz CT molecular complexity index is 821. The van der Waals surface area contributed by atoms with Crippen LogP contribution >= 0.6 is 58.0 Å². The molecule has 2 aromatic carbocycles. The number of carbonyl (C=O) groups is 1.